The normalized spacial score (nSPS) is 16.7. The smallest absolute Gasteiger partial charge is 0.418 e. The summed E-state index contributed by atoms with van der Waals surface area (Å²) in [5, 5.41) is 20.5. The molecule has 3 heterocycles. The number of anilines is 2. The van der Waals surface area contributed by atoms with Crippen LogP contribution >= 0.6 is 11.3 Å². The minimum absolute atomic E-state index is 0.0515. The van der Waals surface area contributed by atoms with Crippen LogP contribution in [-0.2, 0) is 33.9 Å². The van der Waals surface area contributed by atoms with Crippen LogP contribution in [0.2, 0.25) is 0 Å². The van der Waals surface area contributed by atoms with Gasteiger partial charge in [-0.1, -0.05) is 17.3 Å². The SMILES string of the molecule is CC1(C)[C@H](NC(=O)/C(=N\O[C@@H](COc2ccc(-c3cnc(NCCN)nc3)cc2)C(=O)O)c2csc(N)n2)C(=O)N1OS(=O)(=O)O. The molecular formula is C25H29N9O10S2. The number of aliphatic carboxylic acids is 1. The zero-order valence-corrected chi connectivity index (χ0v) is 25.8. The van der Waals surface area contributed by atoms with Crippen molar-refractivity contribution in [3.63, 3.8) is 0 Å². The summed E-state index contributed by atoms with van der Waals surface area (Å²) in [6, 6.07) is 5.30. The first-order valence-corrected chi connectivity index (χ1v) is 15.4. The molecule has 19 nitrogen and oxygen atoms in total. The van der Waals surface area contributed by atoms with Gasteiger partial charge in [-0.25, -0.2) is 19.7 Å². The molecule has 1 saturated heterocycles. The van der Waals surface area contributed by atoms with E-state index in [2.05, 4.69) is 35.0 Å². The van der Waals surface area contributed by atoms with Crippen molar-refractivity contribution >= 4 is 56.3 Å². The van der Waals surface area contributed by atoms with Crippen LogP contribution in [0.5, 0.6) is 5.75 Å². The first kappa shape index (κ1) is 33.9. The van der Waals surface area contributed by atoms with E-state index < -0.39 is 58.2 Å². The van der Waals surface area contributed by atoms with Gasteiger partial charge in [0.25, 0.3) is 17.9 Å². The number of β-lactam (4-membered cyclic amide) rings is 1. The zero-order valence-electron chi connectivity index (χ0n) is 24.2. The number of rotatable bonds is 15. The number of carbonyl (C=O) groups is 3. The molecule has 1 fully saturated rings. The molecular weight excluding hydrogens is 650 g/mol. The molecule has 0 spiro atoms. The Morgan fingerprint density at radius 3 is 2.41 bits per heavy atom. The maximum absolute atomic E-state index is 13.2. The molecule has 2 atom stereocenters. The molecule has 0 aliphatic carbocycles. The summed E-state index contributed by atoms with van der Waals surface area (Å²) in [6.07, 6.45) is 1.56. The molecule has 2 aromatic heterocycles. The minimum Gasteiger partial charge on any atom is -0.489 e. The second-order valence-corrected chi connectivity index (χ2v) is 11.9. The average molecular weight is 680 g/mol. The summed E-state index contributed by atoms with van der Waals surface area (Å²) in [6.45, 7) is 3.16. The van der Waals surface area contributed by atoms with E-state index in [-0.39, 0.29) is 10.8 Å². The quantitative estimate of drug-likeness (QED) is 0.0518. The standard InChI is InChI=1S/C25H29N9O10S2/c1-25(2)19(21(36)34(25)44-46(39,40)41)32-20(35)18(16-12-45-23(27)31-16)33-43-17(22(37)38)11-42-15-5-3-13(4-6-15)14-9-29-24(30-10-14)28-8-7-26/h3-6,9-10,12,17,19H,7-8,11,26H2,1-2H3,(H2,27,31)(H,32,35)(H,37,38)(H,28,29,30)(H,39,40,41)/b33-18-/t17-,19+/m0/s1. The Labute approximate surface area is 265 Å². The second-order valence-electron chi connectivity index (χ2n) is 9.98. The van der Waals surface area contributed by atoms with Gasteiger partial charge in [0.05, 0.1) is 5.54 Å². The molecule has 1 aromatic carbocycles. The lowest BCUT2D eigenvalue weighted by Gasteiger charge is -2.50. The number of benzene rings is 1. The van der Waals surface area contributed by atoms with Gasteiger partial charge in [0.2, 0.25) is 5.95 Å². The number of nitrogens with two attached hydrogens (primary N) is 2. The molecule has 246 valence electrons. The van der Waals surface area contributed by atoms with Crippen LogP contribution in [-0.4, -0.2) is 99.0 Å². The molecule has 2 amide bonds. The number of hydrogen-bond acceptors (Lipinski definition) is 16. The number of thiazole rings is 1. The van der Waals surface area contributed by atoms with Crippen molar-refractivity contribution < 1.29 is 46.3 Å². The minimum atomic E-state index is -5.02. The molecule has 0 unspecified atom stereocenters. The summed E-state index contributed by atoms with van der Waals surface area (Å²) < 4.78 is 40.9. The van der Waals surface area contributed by atoms with E-state index >= 15 is 0 Å². The lowest BCUT2D eigenvalue weighted by Crippen LogP contribution is -2.76. The Hall–Kier alpha value is -4.96. The fraction of sp³-hybridized carbons (Fsp3) is 0.320. The van der Waals surface area contributed by atoms with Gasteiger partial charge in [0.1, 0.15) is 24.1 Å². The molecule has 1 aliphatic rings. The van der Waals surface area contributed by atoms with Gasteiger partial charge in [-0.15, -0.1) is 15.6 Å². The third kappa shape index (κ3) is 8.19. The highest BCUT2D eigenvalue weighted by Crippen LogP contribution is 2.33. The number of carbonyl (C=O) groups excluding carboxylic acids is 2. The summed E-state index contributed by atoms with van der Waals surface area (Å²) in [5.41, 5.74) is 10.6. The Morgan fingerprint density at radius 2 is 1.87 bits per heavy atom. The molecule has 8 N–H and O–H groups in total. The average Bonchev–Trinajstić information content (AvgIpc) is 3.44. The predicted octanol–water partition coefficient (Wildman–Crippen LogP) is -0.354. The molecule has 4 rings (SSSR count). The lowest BCUT2D eigenvalue weighted by molar-refractivity contribution is -0.218. The van der Waals surface area contributed by atoms with Crippen molar-refractivity contribution in [3.05, 3.63) is 47.7 Å². The van der Waals surface area contributed by atoms with Crippen molar-refractivity contribution in [2.75, 3.05) is 30.7 Å². The van der Waals surface area contributed by atoms with Crippen LogP contribution in [0.25, 0.3) is 11.1 Å². The van der Waals surface area contributed by atoms with E-state index in [1.807, 2.05) is 0 Å². The number of nitrogen functional groups attached to an aromatic ring is 1. The van der Waals surface area contributed by atoms with Crippen LogP contribution in [0.1, 0.15) is 19.5 Å². The predicted molar refractivity (Wildman–Crippen MR) is 162 cm³/mol. The maximum atomic E-state index is 13.2. The van der Waals surface area contributed by atoms with Crippen molar-refractivity contribution in [3.8, 4) is 16.9 Å². The summed E-state index contributed by atoms with van der Waals surface area (Å²) in [4.78, 5) is 55.1. The summed E-state index contributed by atoms with van der Waals surface area (Å²) >= 11 is 0.951. The van der Waals surface area contributed by atoms with Crippen LogP contribution in [0, 0.1) is 0 Å². The van der Waals surface area contributed by atoms with Crippen molar-refractivity contribution in [1.82, 2.24) is 25.3 Å². The molecule has 0 bridgehead atoms. The van der Waals surface area contributed by atoms with Crippen LogP contribution in [0.3, 0.4) is 0 Å². The van der Waals surface area contributed by atoms with Gasteiger partial charge in [0.15, 0.2) is 10.8 Å². The molecule has 1 aliphatic heterocycles. The van der Waals surface area contributed by atoms with Gasteiger partial charge in [-0.05, 0) is 31.5 Å². The third-order valence-corrected chi connectivity index (χ3v) is 7.33. The Morgan fingerprint density at radius 1 is 1.20 bits per heavy atom. The van der Waals surface area contributed by atoms with E-state index in [1.165, 1.54) is 19.2 Å². The first-order chi connectivity index (χ1) is 21.7. The molecule has 21 heteroatoms. The van der Waals surface area contributed by atoms with Crippen molar-refractivity contribution in [1.29, 1.82) is 0 Å². The zero-order chi connectivity index (χ0) is 33.6. The maximum Gasteiger partial charge on any atom is 0.418 e. The number of nitrogens with one attached hydrogen (secondary N) is 2. The van der Waals surface area contributed by atoms with Crippen molar-refractivity contribution in [2.45, 2.75) is 31.5 Å². The van der Waals surface area contributed by atoms with Gasteiger partial charge in [-0.3, -0.25) is 14.1 Å². The number of aromatic nitrogens is 3. The van der Waals surface area contributed by atoms with Crippen molar-refractivity contribution in [2.24, 2.45) is 10.9 Å². The van der Waals surface area contributed by atoms with E-state index in [9.17, 15) is 27.9 Å². The van der Waals surface area contributed by atoms with Gasteiger partial charge >= 0.3 is 16.4 Å². The van der Waals surface area contributed by atoms with Crippen LogP contribution in [0.4, 0.5) is 11.1 Å². The number of hydroxylamine groups is 2. The molecule has 0 radical (unpaired) electrons. The van der Waals surface area contributed by atoms with Crippen LogP contribution < -0.4 is 26.8 Å². The van der Waals surface area contributed by atoms with Gasteiger partial charge in [0, 0.05) is 36.4 Å². The van der Waals surface area contributed by atoms with E-state index in [0.29, 0.717) is 29.9 Å². The number of nitrogens with zero attached hydrogens (tertiary/aromatic N) is 5. The number of hydrogen-bond donors (Lipinski definition) is 6. The fourth-order valence-corrected chi connectivity index (χ4v) is 4.95. The first-order valence-electron chi connectivity index (χ1n) is 13.2. The monoisotopic (exact) mass is 679 g/mol. The highest BCUT2D eigenvalue weighted by atomic mass is 32.3. The highest BCUT2D eigenvalue weighted by molar-refractivity contribution is 7.80. The fourth-order valence-electron chi connectivity index (χ4n) is 3.95. The van der Waals surface area contributed by atoms with E-state index in [1.54, 1.807) is 36.7 Å². The van der Waals surface area contributed by atoms with E-state index in [4.69, 9.17) is 25.6 Å². The number of carboxylic acid groups (broad SMARTS) is 1. The molecule has 46 heavy (non-hydrogen) atoms. The summed E-state index contributed by atoms with van der Waals surface area (Å²) in [7, 11) is -5.02. The van der Waals surface area contributed by atoms with E-state index in [0.717, 1.165) is 22.5 Å². The highest BCUT2D eigenvalue weighted by Gasteiger charge is 2.58. The Bertz CT molecular complexity index is 1710. The number of carboxylic acids is 1. The molecule has 0 saturated carbocycles. The number of ether oxygens (including phenoxy) is 1. The number of oxime groups is 1. The second kappa shape index (κ2) is 14.0. The topological polar surface area (TPSA) is 284 Å². The number of amides is 2. The van der Waals surface area contributed by atoms with Crippen LogP contribution in [0.15, 0.2) is 47.2 Å². The molecule has 3 aromatic rings. The van der Waals surface area contributed by atoms with Gasteiger partial charge < -0.3 is 36.8 Å². The summed E-state index contributed by atoms with van der Waals surface area (Å²) in [5.74, 6) is -2.76. The Balaban J connectivity index is 1.43. The van der Waals surface area contributed by atoms with Gasteiger partial charge in [-0.2, -0.15) is 13.5 Å². The lowest BCUT2D eigenvalue weighted by atomic mass is 9.84. The third-order valence-electron chi connectivity index (χ3n) is 6.32. The largest absolute Gasteiger partial charge is 0.489 e. The Kier molecular flexibility index (Phi) is 10.3.